The molecule has 2 unspecified atom stereocenters. The van der Waals surface area contributed by atoms with Gasteiger partial charge in [-0.05, 0) is 30.9 Å². The van der Waals surface area contributed by atoms with E-state index in [9.17, 15) is 9.59 Å². The summed E-state index contributed by atoms with van der Waals surface area (Å²) < 4.78 is 0. The molecule has 1 fully saturated rings. The van der Waals surface area contributed by atoms with Crippen molar-refractivity contribution in [1.82, 2.24) is 5.32 Å². The van der Waals surface area contributed by atoms with Gasteiger partial charge in [0.25, 0.3) is 0 Å². The number of aldehydes is 1. The van der Waals surface area contributed by atoms with Gasteiger partial charge in [-0.25, -0.2) is 0 Å². The second-order valence-electron chi connectivity index (χ2n) is 4.33. The molecule has 17 heavy (non-hydrogen) atoms. The molecular weight excluding hydrogens is 218 g/mol. The number of piperidine rings is 1. The smallest absolute Gasteiger partial charge is 0.320 e. The van der Waals surface area contributed by atoms with Crippen molar-refractivity contribution in [3.8, 4) is 0 Å². The van der Waals surface area contributed by atoms with Crippen molar-refractivity contribution in [2.45, 2.75) is 31.3 Å². The molecule has 4 heteroatoms. The van der Waals surface area contributed by atoms with E-state index in [2.05, 4.69) is 5.32 Å². The van der Waals surface area contributed by atoms with Gasteiger partial charge in [0.15, 0.2) is 0 Å². The van der Waals surface area contributed by atoms with Crippen LogP contribution < -0.4 is 5.32 Å². The fourth-order valence-electron chi connectivity index (χ4n) is 2.24. The molecule has 0 spiro atoms. The molecule has 1 heterocycles. The Kier molecular flexibility index (Phi) is 3.54. The topological polar surface area (TPSA) is 66.4 Å². The van der Waals surface area contributed by atoms with E-state index < -0.39 is 12.0 Å². The predicted molar refractivity (Wildman–Crippen MR) is 63.0 cm³/mol. The zero-order valence-electron chi connectivity index (χ0n) is 9.43. The van der Waals surface area contributed by atoms with Crippen LogP contribution in [-0.4, -0.2) is 23.4 Å². The van der Waals surface area contributed by atoms with E-state index >= 15 is 0 Å². The van der Waals surface area contributed by atoms with Crippen molar-refractivity contribution in [3.63, 3.8) is 0 Å². The maximum absolute atomic E-state index is 10.9. The maximum atomic E-state index is 10.9. The highest BCUT2D eigenvalue weighted by Crippen LogP contribution is 2.25. The van der Waals surface area contributed by atoms with Gasteiger partial charge in [0, 0.05) is 11.6 Å². The fourth-order valence-corrected chi connectivity index (χ4v) is 2.24. The molecule has 0 radical (unpaired) electrons. The molecule has 1 aliphatic heterocycles. The van der Waals surface area contributed by atoms with Gasteiger partial charge in [-0.2, -0.15) is 0 Å². The highest BCUT2D eigenvalue weighted by Gasteiger charge is 2.26. The Morgan fingerprint density at radius 3 is 2.94 bits per heavy atom. The lowest BCUT2D eigenvalue weighted by Crippen LogP contribution is -2.42. The van der Waals surface area contributed by atoms with Crippen LogP contribution in [0, 0.1) is 0 Å². The summed E-state index contributed by atoms with van der Waals surface area (Å²) >= 11 is 0. The second kappa shape index (κ2) is 5.10. The summed E-state index contributed by atoms with van der Waals surface area (Å²) in [5, 5.41) is 12.1. The average Bonchev–Trinajstić information content (AvgIpc) is 2.39. The van der Waals surface area contributed by atoms with E-state index in [0.717, 1.165) is 24.7 Å². The monoisotopic (exact) mass is 233 g/mol. The quantitative estimate of drug-likeness (QED) is 0.781. The standard InChI is InChI=1S/C13H15NO3/c15-8-9-3-1-4-10(7-9)11-5-2-6-12(14-11)13(16)17/h1,3-4,7-8,11-12,14H,2,5-6H2,(H,16,17). The highest BCUT2D eigenvalue weighted by molar-refractivity contribution is 5.75. The third-order valence-corrected chi connectivity index (χ3v) is 3.14. The Morgan fingerprint density at radius 2 is 2.24 bits per heavy atom. The van der Waals surface area contributed by atoms with E-state index in [-0.39, 0.29) is 6.04 Å². The zero-order chi connectivity index (χ0) is 12.3. The number of carboxylic acid groups (broad SMARTS) is 1. The van der Waals surface area contributed by atoms with Crippen LogP contribution in [0.4, 0.5) is 0 Å². The Morgan fingerprint density at radius 1 is 1.41 bits per heavy atom. The van der Waals surface area contributed by atoms with Crippen LogP contribution in [0.15, 0.2) is 24.3 Å². The molecule has 4 nitrogen and oxygen atoms in total. The molecule has 90 valence electrons. The SMILES string of the molecule is O=Cc1cccc(C2CCCC(C(=O)O)N2)c1. The first-order valence-electron chi connectivity index (χ1n) is 5.74. The van der Waals surface area contributed by atoms with Crippen molar-refractivity contribution in [3.05, 3.63) is 35.4 Å². The predicted octanol–water partition coefficient (Wildman–Crippen LogP) is 1.77. The third kappa shape index (κ3) is 2.71. The first-order valence-corrected chi connectivity index (χ1v) is 5.74. The van der Waals surface area contributed by atoms with Crippen LogP contribution in [0.3, 0.4) is 0 Å². The lowest BCUT2D eigenvalue weighted by molar-refractivity contribution is -0.140. The summed E-state index contributed by atoms with van der Waals surface area (Å²) in [7, 11) is 0. The van der Waals surface area contributed by atoms with Gasteiger partial charge in [-0.15, -0.1) is 0 Å². The average molecular weight is 233 g/mol. The summed E-state index contributed by atoms with van der Waals surface area (Å²) in [5.41, 5.74) is 1.61. The molecule has 1 aromatic carbocycles. The van der Waals surface area contributed by atoms with Crippen LogP contribution in [0.2, 0.25) is 0 Å². The normalized spacial score (nSPS) is 24.2. The van der Waals surface area contributed by atoms with Crippen LogP contribution in [-0.2, 0) is 4.79 Å². The Bertz CT molecular complexity index is 430. The number of benzene rings is 1. The van der Waals surface area contributed by atoms with E-state index in [1.165, 1.54) is 0 Å². The number of aliphatic carboxylic acids is 1. The molecule has 0 aliphatic carbocycles. The minimum atomic E-state index is -0.804. The van der Waals surface area contributed by atoms with Crippen molar-refractivity contribution >= 4 is 12.3 Å². The number of carbonyl (C=O) groups is 2. The molecule has 0 bridgehead atoms. The van der Waals surface area contributed by atoms with Crippen molar-refractivity contribution in [2.75, 3.05) is 0 Å². The van der Waals surface area contributed by atoms with Crippen LogP contribution in [0.5, 0.6) is 0 Å². The van der Waals surface area contributed by atoms with E-state index in [1.54, 1.807) is 6.07 Å². The Labute approximate surface area is 99.6 Å². The number of nitrogens with one attached hydrogen (secondary N) is 1. The van der Waals surface area contributed by atoms with Gasteiger partial charge in [-0.1, -0.05) is 18.2 Å². The molecule has 0 amide bonds. The van der Waals surface area contributed by atoms with Gasteiger partial charge >= 0.3 is 5.97 Å². The molecule has 1 aliphatic rings. The lowest BCUT2D eigenvalue weighted by Gasteiger charge is -2.29. The van der Waals surface area contributed by atoms with Gasteiger partial charge < -0.3 is 5.11 Å². The summed E-state index contributed by atoms with van der Waals surface area (Å²) in [6, 6.07) is 6.86. The fraction of sp³-hybridized carbons (Fsp3) is 0.385. The van der Waals surface area contributed by atoms with E-state index in [0.29, 0.717) is 12.0 Å². The van der Waals surface area contributed by atoms with Gasteiger partial charge in [0.05, 0.1) is 0 Å². The van der Waals surface area contributed by atoms with Crippen LogP contribution in [0.25, 0.3) is 0 Å². The number of carbonyl (C=O) groups excluding carboxylic acids is 1. The summed E-state index contributed by atoms with van der Waals surface area (Å²) in [6.07, 6.45) is 3.27. The number of carboxylic acids is 1. The van der Waals surface area contributed by atoms with E-state index in [4.69, 9.17) is 5.11 Å². The molecule has 2 N–H and O–H groups in total. The van der Waals surface area contributed by atoms with Gasteiger partial charge in [0.1, 0.15) is 12.3 Å². The summed E-state index contributed by atoms with van der Waals surface area (Å²) in [5.74, 6) is -0.804. The highest BCUT2D eigenvalue weighted by atomic mass is 16.4. The molecular formula is C13H15NO3. The van der Waals surface area contributed by atoms with Crippen molar-refractivity contribution in [1.29, 1.82) is 0 Å². The van der Waals surface area contributed by atoms with E-state index in [1.807, 2.05) is 18.2 Å². The molecule has 0 aromatic heterocycles. The van der Waals surface area contributed by atoms with Crippen LogP contribution >= 0.6 is 0 Å². The maximum Gasteiger partial charge on any atom is 0.320 e. The zero-order valence-corrected chi connectivity index (χ0v) is 9.43. The lowest BCUT2D eigenvalue weighted by atomic mass is 9.93. The minimum absolute atomic E-state index is 0.0322. The molecule has 0 saturated carbocycles. The summed E-state index contributed by atoms with van der Waals surface area (Å²) in [6.45, 7) is 0. The Hall–Kier alpha value is -1.68. The van der Waals surface area contributed by atoms with Crippen molar-refractivity contribution < 1.29 is 14.7 Å². The third-order valence-electron chi connectivity index (χ3n) is 3.14. The van der Waals surface area contributed by atoms with Crippen molar-refractivity contribution in [2.24, 2.45) is 0 Å². The first-order chi connectivity index (χ1) is 8.20. The molecule has 1 saturated heterocycles. The largest absolute Gasteiger partial charge is 0.480 e. The number of hydrogen-bond donors (Lipinski definition) is 2. The number of rotatable bonds is 3. The first kappa shape index (κ1) is 11.8. The van der Waals surface area contributed by atoms with Crippen LogP contribution in [0.1, 0.15) is 41.2 Å². The van der Waals surface area contributed by atoms with Gasteiger partial charge in [0.2, 0.25) is 0 Å². The minimum Gasteiger partial charge on any atom is -0.480 e. The summed E-state index contributed by atoms with van der Waals surface area (Å²) in [4.78, 5) is 21.6. The second-order valence-corrected chi connectivity index (χ2v) is 4.33. The molecule has 1 aromatic rings. The molecule has 2 atom stereocenters. The Balaban J connectivity index is 2.15. The molecule has 2 rings (SSSR count). The van der Waals surface area contributed by atoms with Gasteiger partial charge in [-0.3, -0.25) is 14.9 Å². The number of hydrogen-bond acceptors (Lipinski definition) is 3.